The Morgan fingerprint density at radius 3 is 2.54 bits per heavy atom. The molecule has 154 valence electrons. The van der Waals surface area contributed by atoms with E-state index in [0.29, 0.717) is 31.1 Å². The number of ether oxygens (including phenoxy) is 2. The molecule has 0 saturated heterocycles. The average molecular weight is 389 g/mol. The third kappa shape index (κ3) is 6.91. The molecule has 0 fully saturated rings. The van der Waals surface area contributed by atoms with Gasteiger partial charge in [0.25, 0.3) is 0 Å². The first-order valence-corrected chi connectivity index (χ1v) is 9.94. The van der Waals surface area contributed by atoms with Crippen LogP contribution in [0.3, 0.4) is 0 Å². The zero-order chi connectivity index (χ0) is 20.4. The molecule has 28 heavy (non-hydrogen) atoms. The van der Waals surface area contributed by atoms with Crippen molar-refractivity contribution in [3.05, 3.63) is 35.4 Å². The van der Waals surface area contributed by atoms with Crippen LogP contribution in [0, 0.1) is 0 Å². The fourth-order valence-electron chi connectivity index (χ4n) is 3.41. The number of nitrogens with zero attached hydrogens (tertiary/aromatic N) is 1. The van der Waals surface area contributed by atoms with Crippen LogP contribution in [-0.4, -0.2) is 50.6 Å². The van der Waals surface area contributed by atoms with Crippen molar-refractivity contribution in [2.24, 2.45) is 0 Å². The lowest BCUT2D eigenvalue weighted by Crippen LogP contribution is -2.38. The summed E-state index contributed by atoms with van der Waals surface area (Å²) in [5.74, 6) is 1.21. The molecule has 0 heterocycles. The van der Waals surface area contributed by atoms with Gasteiger partial charge in [-0.3, -0.25) is 9.59 Å². The number of allylic oxidation sites excluding steroid dienone is 1. The number of methoxy groups -OCH3 is 2. The van der Waals surface area contributed by atoms with Crippen LogP contribution in [0.25, 0.3) is 0 Å². The molecule has 2 rings (SSSR count). The van der Waals surface area contributed by atoms with Gasteiger partial charge in [-0.1, -0.05) is 17.7 Å². The molecule has 1 N–H and O–H groups in total. The van der Waals surface area contributed by atoms with Crippen molar-refractivity contribution in [2.45, 2.75) is 45.4 Å². The van der Waals surface area contributed by atoms with E-state index in [2.05, 4.69) is 11.4 Å². The van der Waals surface area contributed by atoms with Gasteiger partial charge >= 0.3 is 0 Å². The summed E-state index contributed by atoms with van der Waals surface area (Å²) in [5.41, 5.74) is 2.30. The van der Waals surface area contributed by atoms with Gasteiger partial charge in [0.05, 0.1) is 20.6 Å². The second-order valence-electron chi connectivity index (χ2n) is 7.08. The van der Waals surface area contributed by atoms with Crippen molar-refractivity contribution in [1.29, 1.82) is 0 Å². The van der Waals surface area contributed by atoms with E-state index in [1.807, 2.05) is 11.0 Å². The van der Waals surface area contributed by atoms with Gasteiger partial charge in [-0.25, -0.2) is 0 Å². The number of carbonyl (C=O) groups excluding carboxylic acids is 2. The molecule has 0 spiro atoms. The Morgan fingerprint density at radius 1 is 1.11 bits per heavy atom. The Morgan fingerprint density at radius 2 is 1.89 bits per heavy atom. The molecule has 6 heteroatoms. The van der Waals surface area contributed by atoms with Crippen LogP contribution in [0.1, 0.15) is 44.6 Å². The van der Waals surface area contributed by atoms with Crippen LogP contribution in [0.5, 0.6) is 11.5 Å². The molecular formula is C22H32N2O4. The SMILES string of the molecule is COc1ccc(CC(=O)NCCN(CCC2=CCCCC2)C(C)=O)cc1OC. The van der Waals surface area contributed by atoms with Gasteiger partial charge in [0.2, 0.25) is 11.8 Å². The topological polar surface area (TPSA) is 67.9 Å². The number of carbonyl (C=O) groups is 2. The van der Waals surface area contributed by atoms with Crippen molar-refractivity contribution < 1.29 is 19.1 Å². The van der Waals surface area contributed by atoms with E-state index in [4.69, 9.17) is 9.47 Å². The molecule has 6 nitrogen and oxygen atoms in total. The van der Waals surface area contributed by atoms with E-state index >= 15 is 0 Å². The molecule has 0 atom stereocenters. The standard InChI is InChI=1S/C22H32N2O4/c1-17(25)24(13-11-18-7-5-4-6-8-18)14-12-23-22(26)16-19-9-10-20(27-2)21(15-19)28-3/h7,9-10,15H,4-6,8,11-14,16H2,1-3H3,(H,23,26). The first kappa shape index (κ1) is 21.8. The summed E-state index contributed by atoms with van der Waals surface area (Å²) in [6.07, 6.45) is 8.32. The summed E-state index contributed by atoms with van der Waals surface area (Å²) in [6, 6.07) is 5.44. The normalized spacial score (nSPS) is 13.5. The number of benzene rings is 1. The molecule has 1 aromatic rings. The maximum absolute atomic E-state index is 12.2. The minimum Gasteiger partial charge on any atom is -0.493 e. The number of nitrogens with one attached hydrogen (secondary N) is 1. The first-order chi connectivity index (χ1) is 13.5. The quantitative estimate of drug-likeness (QED) is 0.626. The number of amides is 2. The zero-order valence-corrected chi connectivity index (χ0v) is 17.3. The second kappa shape index (κ2) is 11.4. The minimum atomic E-state index is -0.0780. The first-order valence-electron chi connectivity index (χ1n) is 9.94. The van der Waals surface area contributed by atoms with Crippen LogP contribution < -0.4 is 14.8 Å². The third-order valence-corrected chi connectivity index (χ3v) is 5.05. The molecule has 0 aliphatic heterocycles. The van der Waals surface area contributed by atoms with Crippen LogP contribution >= 0.6 is 0 Å². The summed E-state index contributed by atoms with van der Waals surface area (Å²) in [6.45, 7) is 3.28. The van der Waals surface area contributed by atoms with Crippen LogP contribution in [-0.2, 0) is 16.0 Å². The van der Waals surface area contributed by atoms with Gasteiger partial charge in [-0.05, 0) is 49.8 Å². The predicted molar refractivity (Wildman–Crippen MR) is 110 cm³/mol. The molecule has 0 unspecified atom stereocenters. The molecular weight excluding hydrogens is 356 g/mol. The predicted octanol–water partition coefficient (Wildman–Crippen LogP) is 3.10. The van der Waals surface area contributed by atoms with E-state index < -0.39 is 0 Å². The van der Waals surface area contributed by atoms with E-state index in [1.54, 1.807) is 33.3 Å². The van der Waals surface area contributed by atoms with Crippen LogP contribution in [0.15, 0.2) is 29.8 Å². The highest BCUT2D eigenvalue weighted by atomic mass is 16.5. The van der Waals surface area contributed by atoms with E-state index in [9.17, 15) is 9.59 Å². The third-order valence-electron chi connectivity index (χ3n) is 5.05. The van der Waals surface area contributed by atoms with E-state index in [-0.39, 0.29) is 18.2 Å². The molecule has 1 aliphatic rings. The maximum atomic E-state index is 12.2. The van der Waals surface area contributed by atoms with Gasteiger partial charge in [-0.15, -0.1) is 0 Å². The Balaban J connectivity index is 1.77. The molecule has 0 saturated carbocycles. The van der Waals surface area contributed by atoms with Gasteiger partial charge < -0.3 is 19.7 Å². The van der Waals surface area contributed by atoms with Gasteiger partial charge in [0, 0.05) is 26.6 Å². The molecule has 0 radical (unpaired) electrons. The van der Waals surface area contributed by atoms with Gasteiger partial charge in [0.1, 0.15) is 0 Å². The lowest BCUT2D eigenvalue weighted by molar-refractivity contribution is -0.129. The van der Waals surface area contributed by atoms with E-state index in [1.165, 1.54) is 18.4 Å². The van der Waals surface area contributed by atoms with Crippen molar-refractivity contribution in [3.63, 3.8) is 0 Å². The monoisotopic (exact) mass is 388 g/mol. The van der Waals surface area contributed by atoms with Crippen molar-refractivity contribution >= 4 is 11.8 Å². The summed E-state index contributed by atoms with van der Waals surface area (Å²) >= 11 is 0. The zero-order valence-electron chi connectivity index (χ0n) is 17.3. The Bertz CT molecular complexity index is 700. The maximum Gasteiger partial charge on any atom is 0.224 e. The smallest absolute Gasteiger partial charge is 0.224 e. The second-order valence-corrected chi connectivity index (χ2v) is 7.08. The summed E-state index contributed by atoms with van der Waals surface area (Å²) < 4.78 is 10.5. The molecule has 0 aromatic heterocycles. The Labute approximate surface area is 167 Å². The van der Waals surface area contributed by atoms with E-state index in [0.717, 1.165) is 24.8 Å². The van der Waals surface area contributed by atoms with Crippen molar-refractivity contribution in [3.8, 4) is 11.5 Å². The molecule has 0 bridgehead atoms. The number of rotatable bonds is 10. The van der Waals surface area contributed by atoms with Crippen molar-refractivity contribution in [1.82, 2.24) is 10.2 Å². The van der Waals surface area contributed by atoms with Gasteiger partial charge in [0.15, 0.2) is 11.5 Å². The van der Waals surface area contributed by atoms with Crippen LogP contribution in [0.4, 0.5) is 0 Å². The summed E-state index contributed by atoms with van der Waals surface area (Å²) in [7, 11) is 3.15. The molecule has 1 aliphatic carbocycles. The fourth-order valence-corrected chi connectivity index (χ4v) is 3.41. The number of hydrogen-bond donors (Lipinski definition) is 1. The number of hydrogen-bond acceptors (Lipinski definition) is 4. The van der Waals surface area contributed by atoms with Crippen molar-refractivity contribution in [2.75, 3.05) is 33.9 Å². The summed E-state index contributed by atoms with van der Waals surface area (Å²) in [5, 5.41) is 2.90. The fraction of sp³-hybridized carbons (Fsp3) is 0.545. The Hall–Kier alpha value is -2.50. The van der Waals surface area contributed by atoms with Crippen LogP contribution in [0.2, 0.25) is 0 Å². The largest absolute Gasteiger partial charge is 0.493 e. The van der Waals surface area contributed by atoms with Gasteiger partial charge in [-0.2, -0.15) is 0 Å². The average Bonchev–Trinajstić information content (AvgIpc) is 2.70. The minimum absolute atomic E-state index is 0.0468. The highest BCUT2D eigenvalue weighted by Gasteiger charge is 2.12. The highest BCUT2D eigenvalue weighted by Crippen LogP contribution is 2.27. The molecule has 1 aromatic carbocycles. The highest BCUT2D eigenvalue weighted by molar-refractivity contribution is 5.79. The lowest BCUT2D eigenvalue weighted by atomic mass is 9.97. The Kier molecular flexibility index (Phi) is 8.85. The lowest BCUT2D eigenvalue weighted by Gasteiger charge is -2.23. The summed E-state index contributed by atoms with van der Waals surface area (Å²) in [4.78, 5) is 25.9. The molecule has 2 amide bonds.